The Hall–Kier alpha value is -4.70. The van der Waals surface area contributed by atoms with Gasteiger partial charge in [0.15, 0.2) is 11.6 Å². The summed E-state index contributed by atoms with van der Waals surface area (Å²) in [5.74, 6) is 1.71. The van der Waals surface area contributed by atoms with E-state index in [9.17, 15) is 0 Å². The normalized spacial score (nSPS) is 15.3. The molecule has 206 valence electrons. The lowest BCUT2D eigenvalue weighted by atomic mass is 9.82. The van der Waals surface area contributed by atoms with Gasteiger partial charge in [0.25, 0.3) is 0 Å². The van der Waals surface area contributed by atoms with E-state index in [0.29, 0.717) is 0 Å². The molecule has 0 amide bonds. The molecule has 0 unspecified atom stereocenters. The second-order valence-corrected chi connectivity index (χ2v) is 13.0. The summed E-state index contributed by atoms with van der Waals surface area (Å²) < 4.78 is 4.19. The first-order valence-corrected chi connectivity index (χ1v) is 14.7. The van der Waals surface area contributed by atoms with Gasteiger partial charge in [-0.15, -0.1) is 0 Å². The summed E-state index contributed by atoms with van der Waals surface area (Å²) in [5, 5.41) is 0. The van der Waals surface area contributed by atoms with E-state index in [1.54, 1.807) is 0 Å². The van der Waals surface area contributed by atoms with Crippen molar-refractivity contribution in [3.05, 3.63) is 120 Å². The Kier molecular flexibility index (Phi) is 5.02. The van der Waals surface area contributed by atoms with Crippen molar-refractivity contribution < 1.29 is 0 Å². The molecular formula is C38H34N4. The zero-order valence-electron chi connectivity index (χ0n) is 25.0. The zero-order valence-corrected chi connectivity index (χ0v) is 25.0. The molecule has 2 heterocycles. The van der Waals surface area contributed by atoms with Crippen molar-refractivity contribution in [2.45, 2.75) is 38.5 Å². The number of benzene rings is 4. The van der Waals surface area contributed by atoms with Gasteiger partial charge in [0.05, 0.1) is 11.4 Å². The van der Waals surface area contributed by atoms with Crippen molar-refractivity contribution >= 4 is 0 Å². The second-order valence-electron chi connectivity index (χ2n) is 13.0. The van der Waals surface area contributed by atoms with Gasteiger partial charge in [-0.2, -0.15) is 0 Å². The summed E-state index contributed by atoms with van der Waals surface area (Å²) >= 11 is 0. The lowest BCUT2D eigenvalue weighted by Gasteiger charge is -2.21. The maximum absolute atomic E-state index is 5.13. The van der Waals surface area contributed by atoms with Crippen molar-refractivity contribution in [2.75, 3.05) is 0 Å². The average molecular weight is 547 g/mol. The molecule has 4 heteroatoms. The molecule has 42 heavy (non-hydrogen) atoms. The Morgan fingerprint density at radius 2 is 0.857 bits per heavy atom. The molecule has 8 rings (SSSR count). The number of imidazole rings is 2. The summed E-state index contributed by atoms with van der Waals surface area (Å²) in [5.41, 5.74) is 14.9. The van der Waals surface area contributed by atoms with Crippen LogP contribution in [0, 0.1) is 0 Å². The number of hydrogen-bond donors (Lipinski definition) is 0. The van der Waals surface area contributed by atoms with Crippen LogP contribution < -0.4 is 0 Å². The van der Waals surface area contributed by atoms with Crippen LogP contribution in [0.15, 0.2) is 97.3 Å². The first-order chi connectivity index (χ1) is 20.1. The zero-order chi connectivity index (χ0) is 29.0. The van der Waals surface area contributed by atoms with Gasteiger partial charge in [-0.05, 0) is 56.6 Å². The molecule has 2 aromatic heterocycles. The third kappa shape index (κ3) is 3.35. The van der Waals surface area contributed by atoms with Crippen molar-refractivity contribution in [3.63, 3.8) is 0 Å². The monoisotopic (exact) mass is 546 g/mol. The highest BCUT2D eigenvalue weighted by Gasteiger charge is 2.36. The highest BCUT2D eigenvalue weighted by Crippen LogP contribution is 2.50. The summed E-state index contributed by atoms with van der Waals surface area (Å²) in [6, 6.07) is 31.1. The maximum Gasteiger partial charge on any atom is 0.176 e. The van der Waals surface area contributed by atoms with Gasteiger partial charge in [-0.25, -0.2) is 9.97 Å². The Morgan fingerprint density at radius 3 is 1.29 bits per heavy atom. The van der Waals surface area contributed by atoms with Crippen LogP contribution in [-0.4, -0.2) is 19.1 Å². The van der Waals surface area contributed by atoms with Crippen molar-refractivity contribution in [3.8, 4) is 56.4 Å². The summed E-state index contributed by atoms with van der Waals surface area (Å²) in [6.07, 6.45) is 4.24. The number of nitrogens with zero attached hydrogens (tertiary/aromatic N) is 4. The van der Waals surface area contributed by atoms with E-state index in [4.69, 9.17) is 9.97 Å². The third-order valence-electron chi connectivity index (χ3n) is 9.71. The Morgan fingerprint density at radius 1 is 0.476 bits per heavy atom. The molecule has 2 aliphatic rings. The lowest BCUT2D eigenvalue weighted by Crippen LogP contribution is -2.14. The van der Waals surface area contributed by atoms with Crippen LogP contribution in [0.5, 0.6) is 0 Å². The van der Waals surface area contributed by atoms with Gasteiger partial charge in [0.2, 0.25) is 0 Å². The molecular weight excluding hydrogens is 512 g/mol. The van der Waals surface area contributed by atoms with Gasteiger partial charge < -0.3 is 9.13 Å². The topological polar surface area (TPSA) is 35.6 Å². The summed E-state index contributed by atoms with van der Waals surface area (Å²) in [7, 11) is 4.12. The molecule has 6 aromatic rings. The molecule has 0 N–H and O–H groups in total. The third-order valence-corrected chi connectivity index (χ3v) is 9.71. The summed E-state index contributed by atoms with van der Waals surface area (Å²) in [6.45, 7) is 9.28. The number of rotatable bonds is 3. The highest BCUT2D eigenvalue weighted by atomic mass is 15.1. The number of aromatic nitrogens is 4. The number of fused-ring (bicyclic) bond motifs is 6. The van der Waals surface area contributed by atoms with Crippen molar-refractivity contribution in [1.29, 1.82) is 0 Å². The molecule has 2 aliphatic carbocycles. The van der Waals surface area contributed by atoms with E-state index >= 15 is 0 Å². The van der Waals surface area contributed by atoms with Crippen LogP contribution in [0.3, 0.4) is 0 Å². The van der Waals surface area contributed by atoms with Gasteiger partial charge in [-0.1, -0.05) is 100 Å². The maximum atomic E-state index is 5.13. The quantitative estimate of drug-likeness (QED) is 0.222. The van der Waals surface area contributed by atoms with Crippen LogP contribution in [0.4, 0.5) is 0 Å². The van der Waals surface area contributed by atoms with Gasteiger partial charge in [0.1, 0.15) is 0 Å². The smallest absolute Gasteiger partial charge is 0.176 e. The van der Waals surface area contributed by atoms with E-state index in [0.717, 1.165) is 34.2 Å². The average Bonchev–Trinajstić information content (AvgIpc) is 3.69. The fourth-order valence-corrected chi connectivity index (χ4v) is 7.35. The minimum atomic E-state index is -0.0417. The van der Waals surface area contributed by atoms with E-state index in [1.165, 1.54) is 44.5 Å². The van der Waals surface area contributed by atoms with Gasteiger partial charge in [0, 0.05) is 48.4 Å². The Balaban J connectivity index is 1.16. The predicted molar refractivity (Wildman–Crippen MR) is 171 cm³/mol. The number of hydrogen-bond acceptors (Lipinski definition) is 2. The molecule has 0 bridgehead atoms. The minimum absolute atomic E-state index is 0.0417. The number of aryl methyl sites for hydroxylation is 2. The predicted octanol–water partition coefficient (Wildman–Crippen LogP) is 8.77. The molecule has 0 radical (unpaired) electrons. The first-order valence-electron chi connectivity index (χ1n) is 14.7. The van der Waals surface area contributed by atoms with E-state index in [1.807, 2.05) is 0 Å². The van der Waals surface area contributed by atoms with Crippen LogP contribution in [0.2, 0.25) is 0 Å². The standard InChI is InChI=1S/C38H34N4/c1-37(2)29-13-9-7-11-25(29)27-17-15-23(19-31(27)37)33-21-41(5)35(39-33)36-40-34(22-42(36)6)24-16-18-28-26-12-8-10-14-30(26)38(3,4)32(28)20-24/h7-22H,1-6H3. The van der Waals surface area contributed by atoms with Crippen LogP contribution in [0.1, 0.15) is 49.9 Å². The van der Waals surface area contributed by atoms with Crippen LogP contribution >= 0.6 is 0 Å². The molecule has 0 aliphatic heterocycles. The van der Waals surface area contributed by atoms with Crippen molar-refractivity contribution in [1.82, 2.24) is 19.1 Å². The van der Waals surface area contributed by atoms with E-state index in [2.05, 4.69) is 148 Å². The molecule has 4 aromatic carbocycles. The van der Waals surface area contributed by atoms with Gasteiger partial charge in [-0.3, -0.25) is 0 Å². The fourth-order valence-electron chi connectivity index (χ4n) is 7.35. The van der Waals surface area contributed by atoms with E-state index in [-0.39, 0.29) is 10.8 Å². The Labute approximate surface area is 247 Å². The SMILES string of the molecule is Cn1cc(-c2ccc3c(c2)C(C)(C)c2ccccc2-3)nc1-c1nc(-c2ccc3c(c2)C(C)(C)c2ccccc2-3)cn1C. The molecule has 0 atom stereocenters. The molecule has 4 nitrogen and oxygen atoms in total. The molecule has 0 spiro atoms. The van der Waals surface area contributed by atoms with E-state index < -0.39 is 0 Å². The fraction of sp³-hybridized carbons (Fsp3) is 0.211. The molecule has 0 saturated heterocycles. The van der Waals surface area contributed by atoms with Gasteiger partial charge >= 0.3 is 0 Å². The highest BCUT2D eigenvalue weighted by molar-refractivity contribution is 5.84. The Bertz CT molecular complexity index is 1920. The largest absolute Gasteiger partial charge is 0.331 e. The van der Waals surface area contributed by atoms with Crippen LogP contribution in [0.25, 0.3) is 56.4 Å². The molecule has 0 fully saturated rings. The van der Waals surface area contributed by atoms with Crippen LogP contribution in [-0.2, 0) is 24.9 Å². The van der Waals surface area contributed by atoms with Crippen molar-refractivity contribution in [2.24, 2.45) is 14.1 Å². The minimum Gasteiger partial charge on any atom is -0.331 e. The molecule has 0 saturated carbocycles. The first kappa shape index (κ1) is 25.0. The summed E-state index contributed by atoms with van der Waals surface area (Å²) in [4.78, 5) is 10.3. The second kappa shape index (κ2) is 8.42. The lowest BCUT2D eigenvalue weighted by molar-refractivity contribution is 0.660.